The Hall–Kier alpha value is -1.02. The maximum absolute atomic E-state index is 5.85. The molecule has 2 heteroatoms. The second kappa shape index (κ2) is 3.62. The third-order valence-corrected chi connectivity index (χ3v) is 2.93. The van der Waals surface area contributed by atoms with E-state index in [0.717, 1.165) is 12.2 Å². The highest BCUT2D eigenvalue weighted by atomic mass is 16.5. The zero-order valence-electron chi connectivity index (χ0n) is 9.00. The number of rotatable bonds is 2. The van der Waals surface area contributed by atoms with Gasteiger partial charge in [0.2, 0.25) is 0 Å². The lowest BCUT2D eigenvalue weighted by atomic mass is 10.0. The van der Waals surface area contributed by atoms with Crippen molar-refractivity contribution in [2.24, 2.45) is 0 Å². The second-order valence-electron chi connectivity index (χ2n) is 4.05. The molecule has 0 bridgehead atoms. The normalized spacial score (nSPS) is 21.5. The van der Waals surface area contributed by atoms with Gasteiger partial charge in [-0.05, 0) is 32.5 Å². The lowest BCUT2D eigenvalue weighted by Crippen LogP contribution is -2.37. The van der Waals surface area contributed by atoms with Crippen LogP contribution in [0.4, 0.5) is 0 Å². The van der Waals surface area contributed by atoms with Crippen molar-refractivity contribution in [3.63, 3.8) is 0 Å². The number of aryl methyl sites for hydroxylation is 1. The van der Waals surface area contributed by atoms with Crippen LogP contribution in [0.2, 0.25) is 0 Å². The molecule has 0 amide bonds. The summed E-state index contributed by atoms with van der Waals surface area (Å²) in [6, 6.07) is 6.80. The lowest BCUT2D eigenvalue weighted by molar-refractivity contribution is 0.191. The molecule has 0 radical (unpaired) electrons. The highest BCUT2D eigenvalue weighted by Crippen LogP contribution is 2.30. The third-order valence-electron chi connectivity index (χ3n) is 2.93. The summed E-state index contributed by atoms with van der Waals surface area (Å²) in [5, 5.41) is 3.23. The van der Waals surface area contributed by atoms with Crippen molar-refractivity contribution in [2.75, 3.05) is 7.05 Å². The Bertz CT molecular complexity index is 335. The van der Waals surface area contributed by atoms with Crippen molar-refractivity contribution >= 4 is 0 Å². The Labute approximate surface area is 85.3 Å². The second-order valence-corrected chi connectivity index (χ2v) is 4.05. The van der Waals surface area contributed by atoms with Gasteiger partial charge in [0.15, 0.2) is 0 Å². The topological polar surface area (TPSA) is 21.3 Å². The van der Waals surface area contributed by atoms with Gasteiger partial charge in [0.1, 0.15) is 11.9 Å². The van der Waals surface area contributed by atoms with Crippen molar-refractivity contribution in [3.8, 4) is 5.75 Å². The molecule has 14 heavy (non-hydrogen) atoms. The van der Waals surface area contributed by atoms with Crippen molar-refractivity contribution in [3.05, 3.63) is 29.3 Å². The smallest absolute Gasteiger partial charge is 0.123 e. The number of hydrogen-bond acceptors (Lipinski definition) is 2. The van der Waals surface area contributed by atoms with E-state index in [1.165, 1.54) is 11.1 Å². The molecule has 2 rings (SSSR count). The summed E-state index contributed by atoms with van der Waals surface area (Å²) in [6.07, 6.45) is 1.32. The minimum atomic E-state index is 0.289. The highest BCUT2D eigenvalue weighted by Gasteiger charge is 2.26. The Morgan fingerprint density at radius 1 is 1.50 bits per heavy atom. The number of hydrogen-bond donors (Lipinski definition) is 1. The van der Waals surface area contributed by atoms with Crippen LogP contribution in [-0.2, 0) is 6.42 Å². The first kappa shape index (κ1) is 9.53. The average Bonchev–Trinajstić information content (AvgIpc) is 2.59. The van der Waals surface area contributed by atoms with E-state index in [4.69, 9.17) is 4.74 Å². The van der Waals surface area contributed by atoms with Crippen LogP contribution in [0.3, 0.4) is 0 Å². The molecule has 1 N–H and O–H groups in total. The number of likely N-dealkylation sites (N-methyl/N-ethyl adjacent to an activating group) is 1. The molecule has 0 fully saturated rings. The maximum Gasteiger partial charge on any atom is 0.123 e. The summed E-state index contributed by atoms with van der Waals surface area (Å²) in [5.74, 6) is 1.06. The van der Waals surface area contributed by atoms with Gasteiger partial charge in [0.25, 0.3) is 0 Å². The largest absolute Gasteiger partial charge is 0.488 e. The molecule has 1 aliphatic rings. The summed E-state index contributed by atoms with van der Waals surface area (Å²) in [4.78, 5) is 0. The van der Waals surface area contributed by atoms with Gasteiger partial charge in [-0.25, -0.2) is 0 Å². The fourth-order valence-corrected chi connectivity index (χ4v) is 1.87. The molecular weight excluding hydrogens is 174 g/mol. The van der Waals surface area contributed by atoms with E-state index in [0.29, 0.717) is 6.04 Å². The van der Waals surface area contributed by atoms with E-state index < -0.39 is 0 Å². The predicted octanol–water partition coefficient (Wildman–Crippen LogP) is 1.91. The first-order chi connectivity index (χ1) is 6.70. The van der Waals surface area contributed by atoms with Crippen LogP contribution in [0, 0.1) is 6.92 Å². The summed E-state index contributed by atoms with van der Waals surface area (Å²) in [6.45, 7) is 4.28. The van der Waals surface area contributed by atoms with Crippen LogP contribution < -0.4 is 10.1 Å². The summed E-state index contributed by atoms with van der Waals surface area (Å²) >= 11 is 0. The first-order valence-corrected chi connectivity index (χ1v) is 5.14. The standard InChI is InChI=1S/C12H17NO/c1-8-4-5-11-10(6-8)7-12(14-11)9(2)13-3/h4-6,9,12-13H,7H2,1-3H3. The van der Waals surface area contributed by atoms with E-state index in [2.05, 4.69) is 37.4 Å². The molecule has 1 heterocycles. The zero-order valence-corrected chi connectivity index (χ0v) is 9.00. The van der Waals surface area contributed by atoms with Gasteiger partial charge in [-0.15, -0.1) is 0 Å². The average molecular weight is 191 g/mol. The van der Waals surface area contributed by atoms with Crippen molar-refractivity contribution < 1.29 is 4.74 Å². The van der Waals surface area contributed by atoms with Gasteiger partial charge >= 0.3 is 0 Å². The SMILES string of the molecule is CNC(C)C1Cc2cc(C)ccc2O1. The van der Waals surface area contributed by atoms with Crippen LogP contribution in [0.5, 0.6) is 5.75 Å². The summed E-state index contributed by atoms with van der Waals surface area (Å²) in [5.41, 5.74) is 2.65. The molecule has 0 saturated carbocycles. The maximum atomic E-state index is 5.85. The predicted molar refractivity (Wildman–Crippen MR) is 57.8 cm³/mol. The molecule has 1 aromatic carbocycles. The lowest BCUT2D eigenvalue weighted by Gasteiger charge is -2.17. The van der Waals surface area contributed by atoms with Gasteiger partial charge in [0, 0.05) is 12.5 Å². The van der Waals surface area contributed by atoms with E-state index in [1.54, 1.807) is 0 Å². The van der Waals surface area contributed by atoms with Gasteiger partial charge in [-0.2, -0.15) is 0 Å². The molecule has 76 valence electrons. The molecule has 1 aromatic rings. The molecule has 0 aliphatic carbocycles. The van der Waals surface area contributed by atoms with Gasteiger partial charge in [0.05, 0.1) is 0 Å². The monoisotopic (exact) mass is 191 g/mol. The molecule has 1 aliphatic heterocycles. The van der Waals surface area contributed by atoms with Gasteiger partial charge < -0.3 is 10.1 Å². The molecule has 2 unspecified atom stereocenters. The quantitative estimate of drug-likeness (QED) is 0.771. The van der Waals surface area contributed by atoms with Crippen molar-refractivity contribution in [2.45, 2.75) is 32.4 Å². The highest BCUT2D eigenvalue weighted by molar-refractivity contribution is 5.40. The fourth-order valence-electron chi connectivity index (χ4n) is 1.87. The molecule has 2 nitrogen and oxygen atoms in total. The minimum absolute atomic E-state index is 0.289. The zero-order chi connectivity index (χ0) is 10.1. The Kier molecular flexibility index (Phi) is 2.46. The van der Waals surface area contributed by atoms with E-state index in [1.807, 2.05) is 7.05 Å². The Morgan fingerprint density at radius 2 is 2.29 bits per heavy atom. The van der Waals surface area contributed by atoms with Crippen LogP contribution >= 0.6 is 0 Å². The van der Waals surface area contributed by atoms with Gasteiger partial charge in [-0.3, -0.25) is 0 Å². The van der Waals surface area contributed by atoms with Crippen LogP contribution in [0.15, 0.2) is 18.2 Å². The number of benzene rings is 1. The number of nitrogens with one attached hydrogen (secondary N) is 1. The molecule has 0 saturated heterocycles. The van der Waals surface area contributed by atoms with Crippen LogP contribution in [0.25, 0.3) is 0 Å². The van der Waals surface area contributed by atoms with Crippen molar-refractivity contribution in [1.29, 1.82) is 0 Å². The van der Waals surface area contributed by atoms with E-state index >= 15 is 0 Å². The van der Waals surface area contributed by atoms with E-state index in [-0.39, 0.29) is 6.10 Å². The fraction of sp³-hybridized carbons (Fsp3) is 0.500. The Morgan fingerprint density at radius 3 is 3.00 bits per heavy atom. The minimum Gasteiger partial charge on any atom is -0.488 e. The van der Waals surface area contributed by atoms with Crippen molar-refractivity contribution in [1.82, 2.24) is 5.32 Å². The number of fused-ring (bicyclic) bond motifs is 1. The number of ether oxygens (including phenoxy) is 1. The molecule has 2 atom stereocenters. The Balaban J connectivity index is 2.17. The summed E-state index contributed by atoms with van der Waals surface area (Å²) < 4.78 is 5.85. The van der Waals surface area contributed by atoms with Crippen LogP contribution in [-0.4, -0.2) is 19.2 Å². The molecular formula is C12H17NO. The van der Waals surface area contributed by atoms with Crippen LogP contribution in [0.1, 0.15) is 18.1 Å². The van der Waals surface area contributed by atoms with Gasteiger partial charge in [-0.1, -0.05) is 17.7 Å². The molecule has 0 aromatic heterocycles. The third kappa shape index (κ3) is 1.62. The molecule has 0 spiro atoms. The first-order valence-electron chi connectivity index (χ1n) is 5.14. The summed E-state index contributed by atoms with van der Waals surface area (Å²) in [7, 11) is 1.97. The van der Waals surface area contributed by atoms with E-state index in [9.17, 15) is 0 Å².